The molecule has 4 aromatic carbocycles. The van der Waals surface area contributed by atoms with Crippen molar-refractivity contribution in [2.45, 2.75) is 6.61 Å². The minimum Gasteiger partial charge on any atom is -0.457 e. The molecule has 9 nitrogen and oxygen atoms in total. The lowest BCUT2D eigenvalue weighted by Gasteiger charge is -2.14. The van der Waals surface area contributed by atoms with Gasteiger partial charge in [-0.1, -0.05) is 28.1 Å². The second-order valence-corrected chi connectivity index (χ2v) is 9.17. The first kappa shape index (κ1) is 24.8. The zero-order valence-corrected chi connectivity index (χ0v) is 21.1. The van der Waals surface area contributed by atoms with Crippen molar-refractivity contribution in [2.75, 3.05) is 4.90 Å². The van der Waals surface area contributed by atoms with Gasteiger partial charge in [0.1, 0.15) is 18.1 Å². The molecule has 0 spiro atoms. The normalized spacial score (nSPS) is 12.3. The van der Waals surface area contributed by atoms with E-state index >= 15 is 0 Å². The maximum atomic E-state index is 13.1. The molecule has 0 fully saturated rings. The Bertz CT molecular complexity index is 1580. The SMILES string of the molecule is O=C(OCc1cccc([N+](=O)[O-])c1)c1ccc(N2C(=O)c3ccc(Oc4ccc(Br)cc4)cc3C2=O)cc1. The number of nitrogens with zero attached hydrogens (tertiary/aromatic N) is 2. The van der Waals surface area contributed by atoms with Gasteiger partial charge in [0.25, 0.3) is 17.5 Å². The number of amides is 2. The van der Waals surface area contributed by atoms with E-state index in [-0.39, 0.29) is 29.0 Å². The number of esters is 1. The van der Waals surface area contributed by atoms with E-state index in [0.717, 1.165) is 9.37 Å². The Kier molecular flexibility index (Phi) is 6.71. The summed E-state index contributed by atoms with van der Waals surface area (Å²) in [5.74, 6) is -0.653. The lowest BCUT2D eigenvalue weighted by atomic mass is 10.1. The molecule has 5 rings (SSSR count). The number of hydrogen-bond donors (Lipinski definition) is 0. The molecule has 0 radical (unpaired) electrons. The summed E-state index contributed by atoms with van der Waals surface area (Å²) in [6, 6.07) is 23.5. The fourth-order valence-electron chi connectivity index (χ4n) is 3.90. The summed E-state index contributed by atoms with van der Waals surface area (Å²) in [6.07, 6.45) is 0. The van der Waals surface area contributed by atoms with Gasteiger partial charge in [-0.2, -0.15) is 0 Å². The van der Waals surface area contributed by atoms with Crippen LogP contribution in [0, 0.1) is 10.1 Å². The van der Waals surface area contributed by atoms with Gasteiger partial charge in [0.05, 0.1) is 27.3 Å². The number of benzene rings is 4. The quantitative estimate of drug-likeness (QED) is 0.110. The number of nitro benzene ring substituents is 1. The third kappa shape index (κ3) is 5.02. The Balaban J connectivity index is 1.28. The van der Waals surface area contributed by atoms with Gasteiger partial charge in [-0.05, 0) is 72.3 Å². The zero-order valence-electron chi connectivity index (χ0n) is 19.5. The van der Waals surface area contributed by atoms with Crippen molar-refractivity contribution in [2.24, 2.45) is 0 Å². The summed E-state index contributed by atoms with van der Waals surface area (Å²) in [4.78, 5) is 50.0. The van der Waals surface area contributed by atoms with Gasteiger partial charge in [-0.25, -0.2) is 9.69 Å². The van der Waals surface area contributed by atoms with Gasteiger partial charge in [-0.15, -0.1) is 0 Å². The van der Waals surface area contributed by atoms with Crippen LogP contribution in [0.15, 0.2) is 95.5 Å². The second-order valence-electron chi connectivity index (χ2n) is 8.26. The molecule has 0 saturated heterocycles. The van der Waals surface area contributed by atoms with Crippen LogP contribution in [-0.4, -0.2) is 22.7 Å². The van der Waals surface area contributed by atoms with Crippen LogP contribution < -0.4 is 9.64 Å². The molecule has 1 heterocycles. The first-order valence-electron chi connectivity index (χ1n) is 11.3. The maximum absolute atomic E-state index is 13.1. The molecule has 0 aliphatic carbocycles. The third-order valence-corrected chi connectivity index (χ3v) is 6.29. The van der Waals surface area contributed by atoms with Crippen LogP contribution in [0.3, 0.4) is 0 Å². The Morgan fingerprint density at radius 3 is 2.24 bits per heavy atom. The summed E-state index contributed by atoms with van der Waals surface area (Å²) >= 11 is 3.36. The van der Waals surface area contributed by atoms with Crippen LogP contribution in [0.1, 0.15) is 36.6 Å². The van der Waals surface area contributed by atoms with Crippen molar-refractivity contribution in [1.82, 2.24) is 0 Å². The van der Waals surface area contributed by atoms with Gasteiger partial charge in [0, 0.05) is 16.6 Å². The van der Waals surface area contributed by atoms with Crippen molar-refractivity contribution >= 4 is 45.1 Å². The van der Waals surface area contributed by atoms with E-state index in [4.69, 9.17) is 9.47 Å². The number of halogens is 1. The van der Waals surface area contributed by atoms with Crippen molar-refractivity contribution in [3.63, 3.8) is 0 Å². The number of nitro groups is 1. The Morgan fingerprint density at radius 2 is 1.53 bits per heavy atom. The van der Waals surface area contributed by atoms with Crippen LogP contribution in [0.5, 0.6) is 11.5 Å². The number of carbonyl (C=O) groups is 3. The van der Waals surface area contributed by atoms with E-state index in [0.29, 0.717) is 22.7 Å². The van der Waals surface area contributed by atoms with Crippen molar-refractivity contribution in [3.8, 4) is 11.5 Å². The standard InChI is InChI=1S/C28H17BrN2O7/c29-19-6-10-22(11-7-19)38-23-12-13-24-25(15-23)27(33)30(26(24)32)20-8-4-18(5-9-20)28(34)37-16-17-2-1-3-21(14-17)31(35)36/h1-15H,16H2. The van der Waals surface area contributed by atoms with E-state index in [1.807, 2.05) is 12.1 Å². The minimum atomic E-state index is -0.653. The predicted molar refractivity (Wildman–Crippen MR) is 140 cm³/mol. The third-order valence-electron chi connectivity index (χ3n) is 5.76. The number of non-ortho nitro benzene ring substituents is 1. The van der Waals surface area contributed by atoms with Crippen LogP contribution in [-0.2, 0) is 11.3 Å². The Morgan fingerprint density at radius 1 is 0.842 bits per heavy atom. The highest BCUT2D eigenvalue weighted by molar-refractivity contribution is 9.10. The first-order valence-corrected chi connectivity index (χ1v) is 12.1. The number of fused-ring (bicyclic) bond motifs is 1. The van der Waals surface area contributed by atoms with E-state index in [1.54, 1.807) is 30.3 Å². The molecule has 4 aromatic rings. The Labute approximate surface area is 224 Å². The lowest BCUT2D eigenvalue weighted by Crippen LogP contribution is -2.29. The average Bonchev–Trinajstić information content (AvgIpc) is 3.17. The molecule has 0 aromatic heterocycles. The molecule has 1 aliphatic rings. The van der Waals surface area contributed by atoms with Gasteiger partial charge < -0.3 is 9.47 Å². The zero-order chi connectivity index (χ0) is 26.8. The molecule has 0 unspecified atom stereocenters. The molecule has 0 saturated carbocycles. The van der Waals surface area contributed by atoms with E-state index < -0.39 is 22.7 Å². The average molecular weight is 573 g/mol. The number of carbonyl (C=O) groups excluding carboxylic acids is 3. The van der Waals surface area contributed by atoms with Crippen LogP contribution >= 0.6 is 15.9 Å². The first-order chi connectivity index (χ1) is 18.3. The summed E-state index contributed by atoms with van der Waals surface area (Å²) in [6.45, 7) is -0.147. The minimum absolute atomic E-state index is 0.101. The number of hydrogen-bond acceptors (Lipinski definition) is 7. The molecule has 2 amide bonds. The molecule has 0 bridgehead atoms. The summed E-state index contributed by atoms with van der Waals surface area (Å²) in [7, 11) is 0. The van der Waals surface area contributed by atoms with Crippen LogP contribution in [0.2, 0.25) is 0 Å². The number of rotatable bonds is 7. The fraction of sp³-hybridized carbons (Fsp3) is 0.0357. The molecule has 0 atom stereocenters. The second kappa shape index (κ2) is 10.3. The number of ether oxygens (including phenoxy) is 2. The van der Waals surface area contributed by atoms with Crippen molar-refractivity contribution in [3.05, 3.63) is 128 Å². The van der Waals surface area contributed by atoms with Gasteiger partial charge in [0.15, 0.2) is 0 Å². The molecule has 0 N–H and O–H groups in total. The maximum Gasteiger partial charge on any atom is 0.338 e. The molecule has 38 heavy (non-hydrogen) atoms. The highest BCUT2D eigenvalue weighted by atomic mass is 79.9. The lowest BCUT2D eigenvalue weighted by molar-refractivity contribution is -0.384. The Hall–Kier alpha value is -4.83. The molecule has 188 valence electrons. The molecular weight excluding hydrogens is 556 g/mol. The van der Waals surface area contributed by atoms with Crippen LogP contribution in [0.4, 0.5) is 11.4 Å². The highest BCUT2D eigenvalue weighted by Gasteiger charge is 2.37. The van der Waals surface area contributed by atoms with Crippen molar-refractivity contribution in [1.29, 1.82) is 0 Å². The van der Waals surface area contributed by atoms with Gasteiger partial charge in [-0.3, -0.25) is 19.7 Å². The molecule has 1 aliphatic heterocycles. The molecular formula is C28H17BrN2O7. The number of imide groups is 1. The summed E-state index contributed by atoms with van der Waals surface area (Å²) < 4.78 is 12.0. The van der Waals surface area contributed by atoms with E-state index in [9.17, 15) is 24.5 Å². The molecule has 10 heteroatoms. The largest absolute Gasteiger partial charge is 0.457 e. The van der Waals surface area contributed by atoms with Crippen LogP contribution in [0.25, 0.3) is 0 Å². The topological polar surface area (TPSA) is 116 Å². The van der Waals surface area contributed by atoms with Gasteiger partial charge in [0.2, 0.25) is 0 Å². The monoisotopic (exact) mass is 572 g/mol. The van der Waals surface area contributed by atoms with Crippen molar-refractivity contribution < 1.29 is 28.8 Å². The summed E-state index contributed by atoms with van der Waals surface area (Å²) in [5, 5.41) is 10.9. The smallest absolute Gasteiger partial charge is 0.338 e. The highest BCUT2D eigenvalue weighted by Crippen LogP contribution is 2.33. The number of anilines is 1. The predicted octanol–water partition coefficient (Wildman–Crippen LogP) is 6.31. The summed E-state index contributed by atoms with van der Waals surface area (Å²) in [5.41, 5.74) is 1.32. The van der Waals surface area contributed by atoms with E-state index in [1.165, 1.54) is 48.5 Å². The van der Waals surface area contributed by atoms with E-state index in [2.05, 4.69) is 15.9 Å². The van der Waals surface area contributed by atoms with Gasteiger partial charge >= 0.3 is 5.97 Å². The fourth-order valence-corrected chi connectivity index (χ4v) is 4.16.